The Hall–Kier alpha value is -0.910. The molecule has 1 aromatic carbocycles. The van der Waals surface area contributed by atoms with E-state index in [1.165, 1.54) is 16.9 Å². The van der Waals surface area contributed by atoms with Gasteiger partial charge in [-0.2, -0.15) is 0 Å². The molecule has 0 amide bonds. The molecule has 0 spiro atoms. The van der Waals surface area contributed by atoms with Crippen LogP contribution in [0.5, 0.6) is 0 Å². The molecular formula is C12H13BrN2OS. The van der Waals surface area contributed by atoms with E-state index in [4.69, 9.17) is 0 Å². The zero-order chi connectivity index (χ0) is 12.3. The van der Waals surface area contributed by atoms with Crippen LogP contribution in [0.15, 0.2) is 38.9 Å². The van der Waals surface area contributed by atoms with Gasteiger partial charge in [0.05, 0.1) is 0 Å². The fourth-order valence-electron chi connectivity index (χ4n) is 1.53. The number of nitrogens with one attached hydrogen (secondary N) is 2. The summed E-state index contributed by atoms with van der Waals surface area (Å²) in [5.41, 5.74) is 2.16. The summed E-state index contributed by atoms with van der Waals surface area (Å²) in [5.74, 6) is 0. The largest absolute Gasteiger partial charge is 0.315 e. The van der Waals surface area contributed by atoms with Crippen molar-refractivity contribution in [2.75, 3.05) is 0 Å². The Labute approximate surface area is 112 Å². The minimum atomic E-state index is -0.00176. The Morgan fingerprint density at radius 3 is 2.71 bits per heavy atom. The maximum absolute atomic E-state index is 11.0. The minimum absolute atomic E-state index is 0.00176. The molecule has 2 N–H and O–H groups in total. The fraction of sp³-hybridized carbons (Fsp3) is 0.250. The van der Waals surface area contributed by atoms with Gasteiger partial charge in [-0.05, 0) is 24.6 Å². The average Bonchev–Trinajstić information content (AvgIpc) is 2.73. The van der Waals surface area contributed by atoms with Gasteiger partial charge in [-0.1, -0.05) is 39.4 Å². The monoisotopic (exact) mass is 312 g/mol. The number of rotatable bonds is 4. The third-order valence-corrected chi connectivity index (χ3v) is 3.79. The Morgan fingerprint density at radius 1 is 1.41 bits per heavy atom. The van der Waals surface area contributed by atoms with Crippen LogP contribution in [0.2, 0.25) is 0 Å². The molecule has 1 aromatic heterocycles. The zero-order valence-electron chi connectivity index (χ0n) is 9.37. The highest BCUT2D eigenvalue weighted by Gasteiger charge is 2.05. The van der Waals surface area contributed by atoms with Crippen molar-refractivity contribution in [1.29, 1.82) is 0 Å². The lowest BCUT2D eigenvalue weighted by Crippen LogP contribution is -2.18. The normalized spacial score (nSPS) is 12.6. The van der Waals surface area contributed by atoms with Crippen molar-refractivity contribution >= 4 is 27.3 Å². The topological polar surface area (TPSA) is 44.9 Å². The molecule has 2 rings (SSSR count). The molecule has 0 aliphatic rings. The molecule has 5 heteroatoms. The molecule has 0 saturated heterocycles. The van der Waals surface area contributed by atoms with E-state index in [0.29, 0.717) is 6.54 Å². The molecule has 0 aliphatic heterocycles. The Morgan fingerprint density at radius 2 is 2.12 bits per heavy atom. The highest BCUT2D eigenvalue weighted by Crippen LogP contribution is 2.16. The van der Waals surface area contributed by atoms with E-state index in [9.17, 15) is 4.79 Å². The van der Waals surface area contributed by atoms with E-state index in [-0.39, 0.29) is 10.9 Å². The molecule has 0 radical (unpaired) electrons. The lowest BCUT2D eigenvalue weighted by atomic mass is 10.1. The van der Waals surface area contributed by atoms with Gasteiger partial charge in [-0.25, -0.2) is 0 Å². The molecule has 17 heavy (non-hydrogen) atoms. The molecule has 3 nitrogen and oxygen atoms in total. The van der Waals surface area contributed by atoms with Crippen LogP contribution in [0.4, 0.5) is 0 Å². The second kappa shape index (κ2) is 5.62. The molecule has 90 valence electrons. The molecule has 0 fully saturated rings. The van der Waals surface area contributed by atoms with Crippen LogP contribution in [0.3, 0.4) is 0 Å². The number of aromatic amines is 1. The first-order valence-corrected chi connectivity index (χ1v) is 6.98. The van der Waals surface area contributed by atoms with Gasteiger partial charge in [-0.3, -0.25) is 4.79 Å². The Kier molecular flexibility index (Phi) is 4.15. The van der Waals surface area contributed by atoms with E-state index in [1.54, 1.807) is 0 Å². The van der Waals surface area contributed by atoms with Crippen LogP contribution >= 0.6 is 27.3 Å². The Bertz CT molecular complexity index is 532. The first-order chi connectivity index (χ1) is 8.15. The van der Waals surface area contributed by atoms with Crippen molar-refractivity contribution in [3.8, 4) is 0 Å². The number of hydrogen-bond donors (Lipinski definition) is 2. The van der Waals surface area contributed by atoms with E-state index in [0.717, 1.165) is 10.2 Å². The molecule has 1 atom stereocenters. The van der Waals surface area contributed by atoms with E-state index >= 15 is 0 Å². The summed E-state index contributed by atoms with van der Waals surface area (Å²) in [5, 5.41) is 5.22. The van der Waals surface area contributed by atoms with Crippen molar-refractivity contribution in [1.82, 2.24) is 10.3 Å². The van der Waals surface area contributed by atoms with E-state index in [2.05, 4.69) is 45.3 Å². The van der Waals surface area contributed by atoms with E-state index < -0.39 is 0 Å². The molecule has 0 saturated carbocycles. The average molecular weight is 313 g/mol. The number of thiazole rings is 1. The zero-order valence-corrected chi connectivity index (χ0v) is 11.8. The minimum Gasteiger partial charge on any atom is -0.315 e. The first-order valence-electron chi connectivity index (χ1n) is 5.30. The van der Waals surface area contributed by atoms with Gasteiger partial charge in [0.1, 0.15) is 0 Å². The van der Waals surface area contributed by atoms with Crippen molar-refractivity contribution in [3.05, 3.63) is 55.0 Å². The van der Waals surface area contributed by atoms with Gasteiger partial charge >= 0.3 is 4.87 Å². The number of hydrogen-bond acceptors (Lipinski definition) is 3. The van der Waals surface area contributed by atoms with Gasteiger partial charge in [0.15, 0.2) is 0 Å². The van der Waals surface area contributed by atoms with Gasteiger partial charge in [-0.15, -0.1) is 0 Å². The van der Waals surface area contributed by atoms with Crippen molar-refractivity contribution < 1.29 is 0 Å². The summed E-state index contributed by atoms with van der Waals surface area (Å²) in [4.78, 5) is 13.8. The van der Waals surface area contributed by atoms with Crippen LogP contribution in [-0.2, 0) is 6.54 Å². The molecule has 0 aliphatic carbocycles. The number of H-pyrrole nitrogens is 1. The third kappa shape index (κ3) is 3.52. The van der Waals surface area contributed by atoms with Crippen molar-refractivity contribution in [3.63, 3.8) is 0 Å². The SMILES string of the molecule is CC(NCc1csc(=O)[nH]1)c1ccc(Br)cc1. The van der Waals surface area contributed by atoms with Gasteiger partial charge < -0.3 is 10.3 Å². The number of benzene rings is 1. The Balaban J connectivity index is 1.95. The summed E-state index contributed by atoms with van der Waals surface area (Å²) >= 11 is 4.61. The first kappa shape index (κ1) is 12.5. The molecule has 0 bridgehead atoms. The van der Waals surface area contributed by atoms with Crippen LogP contribution in [-0.4, -0.2) is 4.98 Å². The van der Waals surface area contributed by atoms with Crippen molar-refractivity contribution in [2.24, 2.45) is 0 Å². The number of halogens is 1. The molecule has 2 aromatic rings. The van der Waals surface area contributed by atoms with Crippen LogP contribution in [0, 0.1) is 0 Å². The van der Waals surface area contributed by atoms with Gasteiger partial charge in [0.25, 0.3) is 0 Å². The predicted molar refractivity (Wildman–Crippen MR) is 74.3 cm³/mol. The summed E-state index contributed by atoms with van der Waals surface area (Å²) in [7, 11) is 0. The van der Waals surface area contributed by atoms with Crippen molar-refractivity contribution in [2.45, 2.75) is 19.5 Å². The number of aromatic nitrogens is 1. The molecule has 1 heterocycles. The third-order valence-electron chi connectivity index (χ3n) is 2.54. The lowest BCUT2D eigenvalue weighted by molar-refractivity contribution is 0.568. The van der Waals surface area contributed by atoms with Crippen LogP contribution in [0.25, 0.3) is 0 Å². The lowest BCUT2D eigenvalue weighted by Gasteiger charge is -2.13. The second-order valence-corrected chi connectivity index (χ2v) is 5.59. The summed E-state index contributed by atoms with van der Waals surface area (Å²) in [6, 6.07) is 8.47. The molecular weight excluding hydrogens is 300 g/mol. The molecule has 1 unspecified atom stereocenters. The smallest absolute Gasteiger partial charge is 0.304 e. The quantitative estimate of drug-likeness (QED) is 0.911. The highest BCUT2D eigenvalue weighted by atomic mass is 79.9. The fourth-order valence-corrected chi connectivity index (χ4v) is 2.38. The summed E-state index contributed by atoms with van der Waals surface area (Å²) < 4.78 is 1.08. The second-order valence-electron chi connectivity index (χ2n) is 3.83. The van der Waals surface area contributed by atoms with Gasteiger partial charge in [0.2, 0.25) is 0 Å². The summed E-state index contributed by atoms with van der Waals surface area (Å²) in [6.07, 6.45) is 0. The standard InChI is InChI=1S/C12H13BrN2OS/c1-8(9-2-4-10(13)5-3-9)14-6-11-7-17-12(16)15-11/h2-5,7-8,14H,6H2,1H3,(H,15,16). The van der Waals surface area contributed by atoms with Crippen LogP contribution in [0.1, 0.15) is 24.2 Å². The van der Waals surface area contributed by atoms with Gasteiger partial charge in [0, 0.05) is 28.1 Å². The van der Waals surface area contributed by atoms with E-state index in [1.807, 2.05) is 17.5 Å². The maximum atomic E-state index is 11.0. The predicted octanol–water partition coefficient (Wildman–Crippen LogP) is 3.05. The van der Waals surface area contributed by atoms with Crippen LogP contribution < -0.4 is 10.2 Å². The maximum Gasteiger partial charge on any atom is 0.304 e. The summed E-state index contributed by atoms with van der Waals surface area (Å²) in [6.45, 7) is 2.78. The highest BCUT2D eigenvalue weighted by molar-refractivity contribution is 9.10.